The molecule has 0 amide bonds. The molecule has 0 aliphatic carbocycles. The summed E-state index contributed by atoms with van der Waals surface area (Å²) in [7, 11) is 1.87. The van der Waals surface area contributed by atoms with Crippen LogP contribution < -0.4 is 15.4 Å². The fourth-order valence-electron chi connectivity index (χ4n) is 2.30. The van der Waals surface area contributed by atoms with Crippen molar-refractivity contribution in [2.24, 2.45) is 0 Å². The van der Waals surface area contributed by atoms with Gasteiger partial charge >= 0.3 is 0 Å². The highest BCUT2D eigenvalue weighted by Crippen LogP contribution is 2.25. The molecule has 0 atom stereocenters. The van der Waals surface area contributed by atoms with Crippen molar-refractivity contribution >= 4 is 23.3 Å². The number of aliphatic hydroxyl groups is 1. The number of aliphatic hydroxyl groups excluding tert-OH is 1. The molecule has 0 radical (unpaired) electrons. The number of anilines is 3. The number of rotatable bonds is 9. The minimum Gasteiger partial charge on any atom is -0.491 e. The van der Waals surface area contributed by atoms with E-state index in [-0.39, 0.29) is 6.61 Å². The molecule has 0 aliphatic rings. The normalized spacial score (nSPS) is 10.2. The van der Waals surface area contributed by atoms with Crippen LogP contribution in [0.2, 0.25) is 0 Å². The van der Waals surface area contributed by atoms with E-state index in [0.717, 1.165) is 34.7 Å². The molecule has 5 nitrogen and oxygen atoms in total. The van der Waals surface area contributed by atoms with Crippen LogP contribution in [0.4, 0.5) is 17.1 Å². The molecule has 0 aliphatic heterocycles. The zero-order valence-corrected chi connectivity index (χ0v) is 13.2. The molecule has 2 rings (SSSR count). The maximum absolute atomic E-state index is 10.6. The third-order valence-corrected chi connectivity index (χ3v) is 3.41. The van der Waals surface area contributed by atoms with Crippen molar-refractivity contribution in [3.05, 3.63) is 48.0 Å². The third-order valence-electron chi connectivity index (χ3n) is 3.41. The van der Waals surface area contributed by atoms with Gasteiger partial charge in [0, 0.05) is 30.5 Å². The summed E-state index contributed by atoms with van der Waals surface area (Å²) in [4.78, 5) is 10.6. The summed E-state index contributed by atoms with van der Waals surface area (Å²) >= 11 is 0. The average Bonchev–Trinajstić information content (AvgIpc) is 2.59. The maximum Gasteiger partial charge on any atom is 0.120 e. The Hall–Kier alpha value is -2.53. The molecule has 0 fully saturated rings. The third kappa shape index (κ3) is 5.00. The summed E-state index contributed by atoms with van der Waals surface area (Å²) in [6.45, 7) is 0.291. The van der Waals surface area contributed by atoms with Gasteiger partial charge in [-0.1, -0.05) is 0 Å². The van der Waals surface area contributed by atoms with E-state index < -0.39 is 0 Å². The molecular weight excluding hydrogens is 292 g/mol. The number of carbonyl (C=O) groups excluding carboxylic acids is 1. The molecule has 3 N–H and O–H groups in total. The standard InChI is InChI=1S/C18H22N2O3/c1-19-18-9-6-16(13-14(18)3-2-10-21)20-15-4-7-17(8-5-15)23-12-11-22/h4-10,13,19-20,22H,2-3,11-12H2,1H3. The number of aldehydes is 1. The topological polar surface area (TPSA) is 70.6 Å². The highest BCUT2D eigenvalue weighted by Gasteiger charge is 2.04. The predicted octanol–water partition coefficient (Wildman–Crippen LogP) is 2.97. The van der Waals surface area contributed by atoms with Gasteiger partial charge in [0.1, 0.15) is 18.6 Å². The van der Waals surface area contributed by atoms with Crippen LogP contribution in [-0.2, 0) is 11.2 Å². The second-order valence-electron chi connectivity index (χ2n) is 5.05. The first-order chi connectivity index (χ1) is 11.3. The largest absolute Gasteiger partial charge is 0.491 e. The van der Waals surface area contributed by atoms with Crippen LogP contribution in [0, 0.1) is 0 Å². The summed E-state index contributed by atoms with van der Waals surface area (Å²) in [6.07, 6.45) is 2.16. The van der Waals surface area contributed by atoms with Gasteiger partial charge in [-0.2, -0.15) is 0 Å². The summed E-state index contributed by atoms with van der Waals surface area (Å²) < 4.78 is 5.33. The first kappa shape index (κ1) is 16.8. The summed E-state index contributed by atoms with van der Waals surface area (Å²) in [5, 5.41) is 15.2. The van der Waals surface area contributed by atoms with Crippen molar-refractivity contribution in [3.8, 4) is 5.75 Å². The van der Waals surface area contributed by atoms with E-state index in [1.165, 1.54) is 0 Å². The Kier molecular flexibility index (Phi) is 6.44. The Balaban J connectivity index is 2.08. The molecule has 0 heterocycles. The smallest absolute Gasteiger partial charge is 0.120 e. The van der Waals surface area contributed by atoms with Gasteiger partial charge in [-0.3, -0.25) is 0 Å². The lowest BCUT2D eigenvalue weighted by molar-refractivity contribution is -0.107. The lowest BCUT2D eigenvalue weighted by atomic mass is 10.1. The van der Waals surface area contributed by atoms with Gasteiger partial charge in [-0.05, 0) is 54.4 Å². The summed E-state index contributed by atoms with van der Waals surface area (Å²) in [5.74, 6) is 0.724. The zero-order chi connectivity index (χ0) is 16.5. The van der Waals surface area contributed by atoms with Crippen LogP contribution in [0.5, 0.6) is 5.75 Å². The van der Waals surface area contributed by atoms with Gasteiger partial charge in [-0.15, -0.1) is 0 Å². The molecule has 0 saturated heterocycles. The fraction of sp³-hybridized carbons (Fsp3) is 0.278. The number of benzene rings is 2. The predicted molar refractivity (Wildman–Crippen MR) is 92.7 cm³/mol. The van der Waals surface area contributed by atoms with Crippen molar-refractivity contribution in [1.29, 1.82) is 0 Å². The second kappa shape index (κ2) is 8.80. The Morgan fingerprint density at radius 1 is 1.13 bits per heavy atom. The van der Waals surface area contributed by atoms with E-state index >= 15 is 0 Å². The van der Waals surface area contributed by atoms with Gasteiger partial charge in [0.25, 0.3) is 0 Å². The van der Waals surface area contributed by atoms with Crippen LogP contribution in [0.25, 0.3) is 0 Å². The quantitative estimate of drug-likeness (QED) is 0.621. The highest BCUT2D eigenvalue weighted by atomic mass is 16.5. The summed E-state index contributed by atoms with van der Waals surface area (Å²) in [6, 6.07) is 13.6. The van der Waals surface area contributed by atoms with E-state index in [1.807, 2.05) is 49.5 Å². The zero-order valence-electron chi connectivity index (χ0n) is 13.2. The van der Waals surface area contributed by atoms with Crippen molar-refractivity contribution in [1.82, 2.24) is 0 Å². The van der Waals surface area contributed by atoms with E-state index in [4.69, 9.17) is 9.84 Å². The van der Waals surface area contributed by atoms with Crippen LogP contribution >= 0.6 is 0 Å². The van der Waals surface area contributed by atoms with E-state index in [0.29, 0.717) is 19.4 Å². The van der Waals surface area contributed by atoms with Crippen LogP contribution in [0.15, 0.2) is 42.5 Å². The van der Waals surface area contributed by atoms with Gasteiger partial charge in [0.2, 0.25) is 0 Å². The average molecular weight is 314 g/mol. The van der Waals surface area contributed by atoms with E-state index in [2.05, 4.69) is 10.6 Å². The molecular formula is C18H22N2O3. The minimum atomic E-state index is 0.00137. The molecule has 0 saturated carbocycles. The Labute approximate surface area is 136 Å². The molecule has 2 aromatic rings. The van der Waals surface area contributed by atoms with Crippen molar-refractivity contribution < 1.29 is 14.6 Å². The number of aryl methyl sites for hydroxylation is 1. The van der Waals surface area contributed by atoms with Crippen molar-refractivity contribution in [2.75, 3.05) is 30.9 Å². The van der Waals surface area contributed by atoms with Crippen LogP contribution in [0.3, 0.4) is 0 Å². The van der Waals surface area contributed by atoms with Crippen molar-refractivity contribution in [3.63, 3.8) is 0 Å². The number of hydrogen-bond acceptors (Lipinski definition) is 5. The highest BCUT2D eigenvalue weighted by molar-refractivity contribution is 5.66. The van der Waals surface area contributed by atoms with Crippen LogP contribution in [0.1, 0.15) is 12.0 Å². The molecule has 0 spiro atoms. The lowest BCUT2D eigenvalue weighted by Crippen LogP contribution is -2.01. The van der Waals surface area contributed by atoms with Gasteiger partial charge in [-0.25, -0.2) is 0 Å². The van der Waals surface area contributed by atoms with E-state index in [1.54, 1.807) is 0 Å². The SMILES string of the molecule is CNc1ccc(Nc2ccc(OCCO)cc2)cc1CCC=O. The molecule has 0 aromatic heterocycles. The Bertz CT molecular complexity index is 627. The Morgan fingerprint density at radius 3 is 2.52 bits per heavy atom. The molecule has 0 unspecified atom stereocenters. The van der Waals surface area contributed by atoms with Crippen LogP contribution in [-0.4, -0.2) is 31.7 Å². The molecule has 5 heteroatoms. The van der Waals surface area contributed by atoms with Crippen molar-refractivity contribution in [2.45, 2.75) is 12.8 Å². The van der Waals surface area contributed by atoms with E-state index in [9.17, 15) is 4.79 Å². The lowest BCUT2D eigenvalue weighted by Gasteiger charge is -2.13. The molecule has 23 heavy (non-hydrogen) atoms. The molecule has 0 bridgehead atoms. The fourth-order valence-corrected chi connectivity index (χ4v) is 2.30. The number of hydrogen-bond donors (Lipinski definition) is 3. The first-order valence-corrected chi connectivity index (χ1v) is 7.62. The molecule has 122 valence electrons. The van der Waals surface area contributed by atoms with Gasteiger partial charge in [0.15, 0.2) is 0 Å². The second-order valence-corrected chi connectivity index (χ2v) is 5.05. The number of carbonyl (C=O) groups is 1. The Morgan fingerprint density at radius 2 is 1.87 bits per heavy atom. The maximum atomic E-state index is 10.6. The number of ether oxygens (including phenoxy) is 1. The molecule has 2 aromatic carbocycles. The monoisotopic (exact) mass is 314 g/mol. The first-order valence-electron chi connectivity index (χ1n) is 7.62. The minimum absolute atomic E-state index is 0.00137. The number of nitrogens with one attached hydrogen (secondary N) is 2. The summed E-state index contributed by atoms with van der Waals surface area (Å²) in [5.41, 5.74) is 4.05. The van der Waals surface area contributed by atoms with Gasteiger partial charge < -0.3 is 25.3 Å². The van der Waals surface area contributed by atoms with Gasteiger partial charge in [0.05, 0.1) is 6.61 Å².